The van der Waals surface area contributed by atoms with Crippen LogP contribution >= 0.6 is 0 Å². The average molecular weight is 331 g/mol. The van der Waals surface area contributed by atoms with Crippen LogP contribution in [0.5, 0.6) is 5.75 Å². The maximum Gasteiger partial charge on any atom is 0.258 e. The van der Waals surface area contributed by atoms with Gasteiger partial charge in [-0.2, -0.15) is 0 Å². The van der Waals surface area contributed by atoms with Gasteiger partial charge in [-0.15, -0.1) is 0 Å². The van der Waals surface area contributed by atoms with Gasteiger partial charge in [0.25, 0.3) is 5.91 Å². The Bertz CT molecular complexity index is 697. The minimum absolute atomic E-state index is 0.0394. The van der Waals surface area contributed by atoms with Crippen LogP contribution in [0.3, 0.4) is 0 Å². The van der Waals surface area contributed by atoms with Crippen LogP contribution in [0.1, 0.15) is 34.2 Å². The van der Waals surface area contributed by atoms with Crippen LogP contribution in [0.25, 0.3) is 0 Å². The lowest BCUT2D eigenvalue weighted by atomic mass is 10.0. The topological polar surface area (TPSA) is 83.1 Å². The first-order valence-corrected chi connectivity index (χ1v) is 7.96. The summed E-state index contributed by atoms with van der Waals surface area (Å²) >= 11 is 0. The lowest BCUT2D eigenvalue weighted by Crippen LogP contribution is -2.49. The number of aliphatic hydroxyl groups excluding tert-OH is 1. The number of aliphatic hydroxyl groups is 1. The third-order valence-electron chi connectivity index (χ3n) is 4.24. The summed E-state index contributed by atoms with van der Waals surface area (Å²) in [6.45, 7) is 3.07. The SMILES string of the molecule is Cc1ccc(O)c(C(=O)N2CCOC[C@H]2C[C@@H](O)c2ccco2)c1. The van der Waals surface area contributed by atoms with Crippen molar-refractivity contribution in [1.82, 2.24) is 4.90 Å². The molecular weight excluding hydrogens is 310 g/mol. The quantitative estimate of drug-likeness (QED) is 0.898. The van der Waals surface area contributed by atoms with Crippen molar-refractivity contribution < 1.29 is 24.2 Å². The molecule has 2 heterocycles. The molecule has 24 heavy (non-hydrogen) atoms. The molecule has 6 nitrogen and oxygen atoms in total. The lowest BCUT2D eigenvalue weighted by Gasteiger charge is -2.36. The number of hydrogen-bond acceptors (Lipinski definition) is 5. The van der Waals surface area contributed by atoms with Crippen molar-refractivity contribution in [3.63, 3.8) is 0 Å². The first-order chi connectivity index (χ1) is 11.6. The molecule has 3 rings (SSSR count). The fourth-order valence-corrected chi connectivity index (χ4v) is 2.95. The highest BCUT2D eigenvalue weighted by molar-refractivity contribution is 5.97. The van der Waals surface area contributed by atoms with Crippen molar-refractivity contribution in [2.45, 2.75) is 25.5 Å². The number of carbonyl (C=O) groups is 1. The smallest absolute Gasteiger partial charge is 0.258 e. The van der Waals surface area contributed by atoms with Crippen LogP contribution in [0.2, 0.25) is 0 Å². The van der Waals surface area contributed by atoms with E-state index in [1.807, 2.05) is 6.92 Å². The second-order valence-electron chi connectivity index (χ2n) is 6.01. The van der Waals surface area contributed by atoms with Crippen LogP contribution in [0.15, 0.2) is 41.0 Å². The number of phenols is 1. The van der Waals surface area contributed by atoms with Crippen molar-refractivity contribution in [3.05, 3.63) is 53.5 Å². The van der Waals surface area contributed by atoms with Crippen molar-refractivity contribution in [3.8, 4) is 5.75 Å². The molecule has 2 N–H and O–H groups in total. The van der Waals surface area contributed by atoms with E-state index in [-0.39, 0.29) is 23.3 Å². The molecule has 1 fully saturated rings. The number of hydrogen-bond donors (Lipinski definition) is 2. The maximum atomic E-state index is 12.9. The van der Waals surface area contributed by atoms with Gasteiger partial charge in [0.05, 0.1) is 31.1 Å². The fourth-order valence-electron chi connectivity index (χ4n) is 2.95. The third-order valence-corrected chi connectivity index (χ3v) is 4.24. The standard InChI is InChI=1S/C18H21NO5/c1-12-4-5-15(20)14(9-12)18(22)19-6-8-23-11-13(19)10-16(21)17-3-2-7-24-17/h2-5,7,9,13,16,20-21H,6,8,10-11H2,1H3/t13-,16-/m1/s1. The van der Waals surface area contributed by atoms with Crippen LogP contribution in [-0.2, 0) is 4.74 Å². The first kappa shape index (κ1) is 16.5. The molecule has 0 bridgehead atoms. The molecule has 0 aliphatic carbocycles. The van der Waals surface area contributed by atoms with Crippen LogP contribution in [0, 0.1) is 6.92 Å². The molecule has 0 spiro atoms. The van der Waals surface area contributed by atoms with E-state index >= 15 is 0 Å². The summed E-state index contributed by atoms with van der Waals surface area (Å²) in [5.74, 6) is 0.171. The molecule has 6 heteroatoms. The van der Waals surface area contributed by atoms with Gasteiger partial charge in [-0.25, -0.2) is 0 Å². The molecule has 0 unspecified atom stereocenters. The van der Waals surface area contributed by atoms with Gasteiger partial charge in [0, 0.05) is 13.0 Å². The Labute approximate surface area is 140 Å². The highest BCUT2D eigenvalue weighted by atomic mass is 16.5. The summed E-state index contributed by atoms with van der Waals surface area (Å²) < 4.78 is 10.7. The minimum Gasteiger partial charge on any atom is -0.507 e. The number of amides is 1. The number of furan rings is 1. The van der Waals surface area contributed by atoms with E-state index in [1.54, 1.807) is 29.2 Å². The van der Waals surface area contributed by atoms with E-state index in [0.29, 0.717) is 31.9 Å². The highest BCUT2D eigenvalue weighted by Crippen LogP contribution is 2.26. The Morgan fingerprint density at radius 2 is 2.25 bits per heavy atom. The van der Waals surface area contributed by atoms with Crippen LogP contribution in [-0.4, -0.2) is 46.8 Å². The maximum absolute atomic E-state index is 12.9. The lowest BCUT2D eigenvalue weighted by molar-refractivity contribution is -0.0196. The average Bonchev–Trinajstić information content (AvgIpc) is 3.12. The van der Waals surface area contributed by atoms with E-state index < -0.39 is 6.10 Å². The number of aromatic hydroxyl groups is 1. The summed E-state index contributed by atoms with van der Waals surface area (Å²) in [6, 6.07) is 8.08. The minimum atomic E-state index is -0.812. The molecule has 2 atom stereocenters. The molecule has 1 saturated heterocycles. The normalized spacial score (nSPS) is 19.2. The summed E-state index contributed by atoms with van der Waals surface area (Å²) in [5, 5.41) is 20.3. The Morgan fingerprint density at radius 1 is 1.42 bits per heavy atom. The molecule has 0 radical (unpaired) electrons. The molecule has 1 aliphatic rings. The molecule has 0 saturated carbocycles. The molecule has 1 aromatic carbocycles. The number of phenolic OH excluding ortho intramolecular Hbond substituents is 1. The third kappa shape index (κ3) is 3.44. The number of ether oxygens (including phenoxy) is 1. The van der Waals surface area contributed by atoms with Crippen LogP contribution in [0.4, 0.5) is 0 Å². The second kappa shape index (κ2) is 7.07. The molecule has 1 aromatic heterocycles. The Kier molecular flexibility index (Phi) is 4.87. The van der Waals surface area contributed by atoms with E-state index in [1.165, 1.54) is 12.3 Å². The van der Waals surface area contributed by atoms with Crippen molar-refractivity contribution in [2.24, 2.45) is 0 Å². The number of carbonyl (C=O) groups excluding carboxylic acids is 1. The van der Waals surface area contributed by atoms with E-state index in [9.17, 15) is 15.0 Å². The highest BCUT2D eigenvalue weighted by Gasteiger charge is 2.31. The van der Waals surface area contributed by atoms with Gasteiger partial charge >= 0.3 is 0 Å². The summed E-state index contributed by atoms with van der Waals surface area (Å²) in [6.07, 6.45) is 1.00. The molecule has 2 aromatic rings. The summed E-state index contributed by atoms with van der Waals surface area (Å²) in [7, 11) is 0. The number of nitrogens with zero attached hydrogens (tertiary/aromatic N) is 1. The predicted octanol–water partition coefficient (Wildman–Crippen LogP) is 2.26. The van der Waals surface area contributed by atoms with Gasteiger partial charge in [-0.05, 0) is 31.2 Å². The molecule has 1 amide bonds. The zero-order valence-electron chi connectivity index (χ0n) is 13.5. The number of aryl methyl sites for hydroxylation is 1. The van der Waals surface area contributed by atoms with Crippen LogP contribution < -0.4 is 0 Å². The van der Waals surface area contributed by atoms with Crippen molar-refractivity contribution in [2.75, 3.05) is 19.8 Å². The fraction of sp³-hybridized carbons (Fsp3) is 0.389. The van der Waals surface area contributed by atoms with Crippen molar-refractivity contribution >= 4 is 5.91 Å². The Hall–Kier alpha value is -2.31. The molecular formula is C18H21NO5. The van der Waals surface area contributed by atoms with Gasteiger partial charge in [0.2, 0.25) is 0 Å². The molecule has 128 valence electrons. The zero-order valence-corrected chi connectivity index (χ0v) is 13.5. The van der Waals surface area contributed by atoms with E-state index in [0.717, 1.165) is 5.56 Å². The van der Waals surface area contributed by atoms with Gasteiger partial charge in [0.1, 0.15) is 17.6 Å². The monoisotopic (exact) mass is 331 g/mol. The largest absolute Gasteiger partial charge is 0.507 e. The van der Waals surface area contributed by atoms with Gasteiger partial charge in [-0.3, -0.25) is 4.79 Å². The summed E-state index contributed by atoms with van der Waals surface area (Å²) in [4.78, 5) is 14.5. The predicted molar refractivity (Wildman–Crippen MR) is 86.8 cm³/mol. The zero-order chi connectivity index (χ0) is 17.1. The number of morpholine rings is 1. The Morgan fingerprint density at radius 3 is 3.00 bits per heavy atom. The van der Waals surface area contributed by atoms with E-state index in [4.69, 9.17) is 9.15 Å². The van der Waals surface area contributed by atoms with Crippen molar-refractivity contribution in [1.29, 1.82) is 0 Å². The first-order valence-electron chi connectivity index (χ1n) is 7.96. The molecule has 1 aliphatic heterocycles. The van der Waals surface area contributed by atoms with Gasteiger partial charge in [-0.1, -0.05) is 11.6 Å². The number of benzene rings is 1. The van der Waals surface area contributed by atoms with Gasteiger partial charge in [0.15, 0.2) is 0 Å². The second-order valence-corrected chi connectivity index (χ2v) is 6.01. The number of rotatable bonds is 4. The Balaban J connectivity index is 1.79. The van der Waals surface area contributed by atoms with E-state index in [2.05, 4.69) is 0 Å². The summed E-state index contributed by atoms with van der Waals surface area (Å²) in [5.41, 5.74) is 1.17. The van der Waals surface area contributed by atoms with Gasteiger partial charge < -0.3 is 24.3 Å².